The predicted octanol–water partition coefficient (Wildman–Crippen LogP) is 4.29. The topological polar surface area (TPSA) is 63.8 Å². The van der Waals surface area contributed by atoms with Gasteiger partial charge in [0.2, 0.25) is 5.89 Å². The van der Waals surface area contributed by atoms with Crippen LogP contribution in [0, 0.1) is 6.92 Å². The monoisotopic (exact) mass is 388 g/mol. The molecule has 4 rings (SSSR count). The van der Waals surface area contributed by atoms with Crippen molar-refractivity contribution in [3.63, 3.8) is 0 Å². The maximum Gasteiger partial charge on any atom is 0.573 e. The predicted molar refractivity (Wildman–Crippen MR) is 94.4 cm³/mol. The number of fused-ring (bicyclic) bond motifs is 1. The molecule has 0 atom stereocenters. The zero-order chi connectivity index (χ0) is 19.7. The molecule has 0 saturated carbocycles. The molecule has 1 aliphatic heterocycles. The molecule has 2 heterocycles. The molecule has 0 amide bonds. The Kier molecular flexibility index (Phi) is 4.50. The highest BCUT2D eigenvalue weighted by atomic mass is 19.4. The van der Waals surface area contributed by atoms with Crippen molar-refractivity contribution in [3.8, 4) is 16.9 Å². The quantitative estimate of drug-likeness (QED) is 0.667. The summed E-state index contributed by atoms with van der Waals surface area (Å²) in [5, 5.41) is 10.1. The lowest BCUT2D eigenvalue weighted by Crippen LogP contribution is -2.22. The third kappa shape index (κ3) is 4.13. The molecule has 0 aliphatic carbocycles. The number of aromatic nitrogens is 2. The first kappa shape index (κ1) is 18.0. The van der Waals surface area contributed by atoms with Gasteiger partial charge in [0.1, 0.15) is 5.75 Å². The van der Waals surface area contributed by atoms with Crippen molar-refractivity contribution < 1.29 is 22.4 Å². The van der Waals surface area contributed by atoms with Crippen LogP contribution in [0.3, 0.4) is 0 Å². The minimum absolute atomic E-state index is 0.247. The molecule has 0 radical (unpaired) electrons. The van der Waals surface area contributed by atoms with Gasteiger partial charge in [-0.2, -0.15) is 10.1 Å². The summed E-state index contributed by atoms with van der Waals surface area (Å²) in [4.78, 5) is 4.17. The first-order valence-electron chi connectivity index (χ1n) is 8.43. The van der Waals surface area contributed by atoms with Gasteiger partial charge in [-0.25, -0.2) is 0 Å². The van der Waals surface area contributed by atoms with E-state index in [0.29, 0.717) is 24.8 Å². The molecule has 0 fully saturated rings. The van der Waals surface area contributed by atoms with E-state index in [1.807, 2.05) is 23.2 Å². The standard InChI is InChI=1S/C19H15F3N4O2/c1-12-24-18(25-28-12)11-26-10-16-8-14(2-3-15(16)9-23-26)13-4-6-17(7-5-13)27-19(20,21)22/h2-9H,10-11H2,1H3. The van der Waals surface area contributed by atoms with Crippen LogP contribution in [0.25, 0.3) is 11.1 Å². The lowest BCUT2D eigenvalue weighted by Gasteiger charge is -2.23. The maximum atomic E-state index is 12.3. The van der Waals surface area contributed by atoms with E-state index >= 15 is 0 Å². The number of halogens is 3. The van der Waals surface area contributed by atoms with Crippen LogP contribution >= 0.6 is 0 Å². The molecule has 1 aromatic heterocycles. The number of aryl methyl sites for hydroxylation is 1. The minimum atomic E-state index is -4.70. The first-order chi connectivity index (χ1) is 13.4. The molecule has 3 aromatic rings. The summed E-state index contributed by atoms with van der Waals surface area (Å²) >= 11 is 0. The van der Waals surface area contributed by atoms with Gasteiger partial charge in [-0.15, -0.1) is 13.2 Å². The summed E-state index contributed by atoms with van der Waals surface area (Å²) in [5.74, 6) is 0.800. The van der Waals surface area contributed by atoms with Crippen molar-refractivity contribution in [2.45, 2.75) is 26.4 Å². The van der Waals surface area contributed by atoms with Crippen LogP contribution in [0.1, 0.15) is 22.8 Å². The van der Waals surface area contributed by atoms with E-state index in [-0.39, 0.29) is 5.75 Å². The molecular formula is C19H15F3N4O2. The van der Waals surface area contributed by atoms with E-state index < -0.39 is 6.36 Å². The van der Waals surface area contributed by atoms with E-state index in [1.165, 1.54) is 12.1 Å². The SMILES string of the molecule is Cc1nc(CN2Cc3cc(-c4ccc(OC(F)(F)F)cc4)ccc3C=N2)no1. The van der Waals surface area contributed by atoms with Gasteiger partial charge < -0.3 is 9.26 Å². The molecule has 144 valence electrons. The molecule has 6 nitrogen and oxygen atoms in total. The van der Waals surface area contributed by atoms with Gasteiger partial charge in [-0.3, -0.25) is 5.01 Å². The molecule has 0 N–H and O–H groups in total. The summed E-state index contributed by atoms with van der Waals surface area (Å²) in [6, 6.07) is 11.6. The summed E-state index contributed by atoms with van der Waals surface area (Å²) in [6.45, 7) is 2.70. The second-order valence-electron chi connectivity index (χ2n) is 6.28. The molecular weight excluding hydrogens is 373 g/mol. The number of ether oxygens (including phenoxy) is 1. The fourth-order valence-electron chi connectivity index (χ4n) is 2.94. The number of rotatable bonds is 4. The first-order valence-corrected chi connectivity index (χ1v) is 8.43. The number of nitrogens with zero attached hydrogens (tertiary/aromatic N) is 4. The largest absolute Gasteiger partial charge is 0.573 e. The van der Waals surface area contributed by atoms with Crippen LogP contribution in [0.15, 0.2) is 52.1 Å². The van der Waals surface area contributed by atoms with E-state index in [4.69, 9.17) is 4.52 Å². The van der Waals surface area contributed by atoms with E-state index in [9.17, 15) is 13.2 Å². The van der Waals surface area contributed by atoms with Crippen molar-refractivity contribution in [3.05, 3.63) is 65.3 Å². The van der Waals surface area contributed by atoms with Gasteiger partial charge in [0.05, 0.1) is 19.3 Å². The average molecular weight is 388 g/mol. The number of hydrogen-bond donors (Lipinski definition) is 0. The van der Waals surface area contributed by atoms with Crippen molar-refractivity contribution in [2.24, 2.45) is 5.10 Å². The van der Waals surface area contributed by atoms with Gasteiger partial charge >= 0.3 is 6.36 Å². The number of alkyl halides is 3. The fraction of sp³-hybridized carbons (Fsp3) is 0.211. The second kappa shape index (κ2) is 6.99. The fourth-order valence-corrected chi connectivity index (χ4v) is 2.94. The Morgan fingerprint density at radius 2 is 1.86 bits per heavy atom. The Balaban J connectivity index is 1.51. The van der Waals surface area contributed by atoms with Crippen molar-refractivity contribution in [2.75, 3.05) is 0 Å². The molecule has 9 heteroatoms. The van der Waals surface area contributed by atoms with Crippen LogP contribution in [-0.4, -0.2) is 27.7 Å². The highest BCUT2D eigenvalue weighted by Gasteiger charge is 2.31. The van der Waals surface area contributed by atoms with E-state index in [0.717, 1.165) is 22.3 Å². The van der Waals surface area contributed by atoms with Crippen LogP contribution < -0.4 is 4.74 Å². The second-order valence-corrected chi connectivity index (χ2v) is 6.28. The molecule has 0 unspecified atom stereocenters. The number of benzene rings is 2. The third-order valence-corrected chi connectivity index (χ3v) is 4.17. The number of hydrogen-bond acceptors (Lipinski definition) is 6. The summed E-state index contributed by atoms with van der Waals surface area (Å²) in [7, 11) is 0. The lowest BCUT2D eigenvalue weighted by atomic mass is 9.98. The molecule has 28 heavy (non-hydrogen) atoms. The van der Waals surface area contributed by atoms with Gasteiger partial charge in [-0.05, 0) is 40.5 Å². The van der Waals surface area contributed by atoms with Gasteiger partial charge in [-0.1, -0.05) is 29.4 Å². The van der Waals surface area contributed by atoms with Crippen LogP contribution in [0.5, 0.6) is 5.75 Å². The Morgan fingerprint density at radius 1 is 1.11 bits per heavy atom. The molecule has 2 aromatic carbocycles. The normalized spacial score (nSPS) is 13.5. The molecule has 0 spiro atoms. The Bertz CT molecular complexity index is 1010. The van der Waals surface area contributed by atoms with Crippen LogP contribution in [-0.2, 0) is 13.1 Å². The summed E-state index contributed by atoms with van der Waals surface area (Å²) in [5.41, 5.74) is 3.72. The Labute approximate surface area is 158 Å². The lowest BCUT2D eigenvalue weighted by molar-refractivity contribution is -0.274. The average Bonchev–Trinajstić information content (AvgIpc) is 3.05. The summed E-state index contributed by atoms with van der Waals surface area (Å²) < 4.78 is 45.8. The zero-order valence-electron chi connectivity index (χ0n) is 14.8. The number of hydrazone groups is 1. The van der Waals surface area contributed by atoms with Crippen molar-refractivity contribution >= 4 is 6.21 Å². The Hall–Kier alpha value is -3.36. The van der Waals surface area contributed by atoms with E-state index in [2.05, 4.69) is 20.0 Å². The molecule has 0 bridgehead atoms. The highest BCUT2D eigenvalue weighted by Crippen LogP contribution is 2.28. The van der Waals surface area contributed by atoms with Gasteiger partial charge in [0.25, 0.3) is 0 Å². The third-order valence-electron chi connectivity index (χ3n) is 4.17. The van der Waals surface area contributed by atoms with Gasteiger partial charge in [0.15, 0.2) is 5.82 Å². The molecule has 1 aliphatic rings. The Morgan fingerprint density at radius 3 is 2.54 bits per heavy atom. The van der Waals surface area contributed by atoms with Gasteiger partial charge in [0, 0.05) is 6.92 Å². The zero-order valence-corrected chi connectivity index (χ0v) is 14.8. The minimum Gasteiger partial charge on any atom is -0.406 e. The van der Waals surface area contributed by atoms with Crippen LogP contribution in [0.4, 0.5) is 13.2 Å². The summed E-state index contributed by atoms with van der Waals surface area (Å²) in [6.07, 6.45) is -2.94. The van der Waals surface area contributed by atoms with Crippen LogP contribution in [0.2, 0.25) is 0 Å². The highest BCUT2D eigenvalue weighted by molar-refractivity contribution is 5.84. The van der Waals surface area contributed by atoms with E-state index in [1.54, 1.807) is 25.3 Å². The maximum absolute atomic E-state index is 12.3. The van der Waals surface area contributed by atoms with Crippen molar-refractivity contribution in [1.29, 1.82) is 0 Å². The van der Waals surface area contributed by atoms with Crippen molar-refractivity contribution in [1.82, 2.24) is 15.1 Å². The smallest absolute Gasteiger partial charge is 0.406 e. The molecule has 0 saturated heterocycles.